The molecule has 3 aromatic rings. The van der Waals surface area contributed by atoms with Crippen LogP contribution in [-0.2, 0) is 6.42 Å². The minimum Gasteiger partial charge on any atom is -0.465 e. The molecule has 1 aromatic carbocycles. The van der Waals surface area contributed by atoms with E-state index in [1.807, 2.05) is 32.4 Å². The third-order valence-corrected chi connectivity index (χ3v) is 5.61. The Kier molecular flexibility index (Phi) is 7.41. The molecule has 2 aromatic heterocycles. The van der Waals surface area contributed by atoms with Crippen molar-refractivity contribution in [3.63, 3.8) is 0 Å². The van der Waals surface area contributed by atoms with Crippen molar-refractivity contribution in [2.45, 2.75) is 32.6 Å². The van der Waals surface area contributed by atoms with Gasteiger partial charge in [0.15, 0.2) is 5.58 Å². The summed E-state index contributed by atoms with van der Waals surface area (Å²) in [5.41, 5.74) is 5.09. The van der Waals surface area contributed by atoms with Crippen LogP contribution in [0.25, 0.3) is 22.1 Å². The van der Waals surface area contributed by atoms with Crippen molar-refractivity contribution < 1.29 is 14.4 Å². The first kappa shape index (κ1) is 21.8. The monoisotopic (exact) mass is 410 g/mol. The SMILES string of the molecule is CNC.Cc1c(-c2cccnc2)ccc2c(CCC3CCN(C(=O)O)CC3)noc12. The topological polar surface area (TPSA) is 91.5 Å². The number of aryl methyl sites for hydroxylation is 2. The zero-order valence-electron chi connectivity index (χ0n) is 17.9. The largest absolute Gasteiger partial charge is 0.465 e. The Hall–Kier alpha value is -2.93. The van der Waals surface area contributed by atoms with Gasteiger partial charge in [-0.1, -0.05) is 17.3 Å². The molecular formula is C23H30N4O3. The van der Waals surface area contributed by atoms with Crippen LogP contribution in [0, 0.1) is 12.8 Å². The number of likely N-dealkylation sites (tertiary alicyclic amines) is 1. The average molecular weight is 411 g/mol. The molecule has 0 spiro atoms. The van der Waals surface area contributed by atoms with E-state index in [1.165, 1.54) is 4.90 Å². The Morgan fingerprint density at radius 3 is 2.63 bits per heavy atom. The standard InChI is InChI=1S/C21H23N3O3.C2H7N/c1-14-17(16-3-2-10-22-13-16)5-6-18-19(23-27-20(14)18)7-4-15-8-11-24(12-9-15)21(25)26;1-3-2/h2-3,5-6,10,13,15H,4,7-9,11-12H2,1H3,(H,25,26);3H,1-2H3. The number of amides is 1. The lowest BCUT2D eigenvalue weighted by Gasteiger charge is -2.29. The Labute approximate surface area is 177 Å². The van der Waals surface area contributed by atoms with Crippen molar-refractivity contribution >= 4 is 17.1 Å². The second-order valence-corrected chi connectivity index (χ2v) is 7.74. The van der Waals surface area contributed by atoms with Crippen LogP contribution >= 0.6 is 0 Å². The minimum atomic E-state index is -0.809. The molecule has 1 saturated heterocycles. The summed E-state index contributed by atoms with van der Waals surface area (Å²) >= 11 is 0. The lowest BCUT2D eigenvalue weighted by Crippen LogP contribution is -2.37. The van der Waals surface area contributed by atoms with E-state index in [1.54, 1.807) is 6.20 Å². The van der Waals surface area contributed by atoms with Gasteiger partial charge in [-0.15, -0.1) is 0 Å². The molecule has 0 bridgehead atoms. The first-order valence-corrected chi connectivity index (χ1v) is 10.4. The lowest BCUT2D eigenvalue weighted by molar-refractivity contribution is 0.123. The summed E-state index contributed by atoms with van der Waals surface area (Å²) in [6.07, 6.45) is 6.53. The Morgan fingerprint density at radius 2 is 2.00 bits per heavy atom. The van der Waals surface area contributed by atoms with Crippen molar-refractivity contribution in [2.75, 3.05) is 27.2 Å². The van der Waals surface area contributed by atoms with Crippen LogP contribution in [0.15, 0.2) is 41.2 Å². The molecule has 160 valence electrons. The number of carbonyl (C=O) groups is 1. The van der Waals surface area contributed by atoms with Gasteiger partial charge in [0, 0.05) is 42.0 Å². The van der Waals surface area contributed by atoms with Gasteiger partial charge in [-0.25, -0.2) is 4.79 Å². The summed E-state index contributed by atoms with van der Waals surface area (Å²) in [7, 11) is 3.75. The number of benzene rings is 1. The molecule has 7 heteroatoms. The van der Waals surface area contributed by atoms with Crippen molar-refractivity contribution in [1.29, 1.82) is 0 Å². The van der Waals surface area contributed by atoms with Crippen LogP contribution in [-0.4, -0.2) is 53.4 Å². The molecule has 30 heavy (non-hydrogen) atoms. The Morgan fingerprint density at radius 1 is 1.27 bits per heavy atom. The number of nitrogens with zero attached hydrogens (tertiary/aromatic N) is 3. The molecule has 0 unspecified atom stereocenters. The number of fused-ring (bicyclic) bond motifs is 1. The van der Waals surface area contributed by atoms with E-state index in [0.717, 1.165) is 59.0 Å². The van der Waals surface area contributed by atoms with Gasteiger partial charge >= 0.3 is 6.09 Å². The van der Waals surface area contributed by atoms with Gasteiger partial charge in [-0.2, -0.15) is 0 Å². The number of carboxylic acid groups (broad SMARTS) is 1. The fourth-order valence-corrected chi connectivity index (χ4v) is 3.96. The van der Waals surface area contributed by atoms with Crippen LogP contribution in [0.1, 0.15) is 30.5 Å². The molecular weight excluding hydrogens is 380 g/mol. The van der Waals surface area contributed by atoms with Crippen molar-refractivity contribution in [3.8, 4) is 11.1 Å². The third kappa shape index (κ3) is 4.97. The average Bonchev–Trinajstić information content (AvgIpc) is 3.18. The lowest BCUT2D eigenvalue weighted by atomic mass is 9.91. The molecule has 0 aliphatic carbocycles. The Balaban J connectivity index is 0.000000806. The fraction of sp³-hybridized carbons (Fsp3) is 0.435. The maximum atomic E-state index is 11.0. The smallest absolute Gasteiger partial charge is 0.407 e. The van der Waals surface area contributed by atoms with Crippen LogP contribution in [0.2, 0.25) is 0 Å². The molecule has 4 rings (SSSR count). The molecule has 3 heterocycles. The normalized spacial score (nSPS) is 14.4. The second-order valence-electron chi connectivity index (χ2n) is 7.74. The van der Waals surface area contributed by atoms with Gasteiger partial charge in [0.25, 0.3) is 0 Å². The minimum absolute atomic E-state index is 0.545. The summed E-state index contributed by atoms with van der Waals surface area (Å²) in [4.78, 5) is 16.7. The van der Waals surface area contributed by atoms with Gasteiger partial charge in [-0.3, -0.25) is 4.98 Å². The molecule has 2 N–H and O–H groups in total. The van der Waals surface area contributed by atoms with Crippen molar-refractivity contribution in [2.24, 2.45) is 5.92 Å². The number of hydrogen-bond donors (Lipinski definition) is 2. The van der Waals surface area contributed by atoms with E-state index in [9.17, 15) is 4.79 Å². The summed E-state index contributed by atoms with van der Waals surface area (Å²) in [5, 5.41) is 17.2. The van der Waals surface area contributed by atoms with E-state index in [-0.39, 0.29) is 0 Å². The maximum Gasteiger partial charge on any atom is 0.407 e. The quantitative estimate of drug-likeness (QED) is 0.664. The zero-order valence-corrected chi connectivity index (χ0v) is 17.9. The number of hydrogen-bond acceptors (Lipinski definition) is 5. The fourth-order valence-electron chi connectivity index (χ4n) is 3.96. The first-order chi connectivity index (χ1) is 14.5. The molecule has 1 aliphatic heterocycles. The second kappa shape index (κ2) is 10.2. The molecule has 0 saturated carbocycles. The molecule has 0 atom stereocenters. The number of rotatable bonds is 4. The van der Waals surface area contributed by atoms with Gasteiger partial charge in [-0.05, 0) is 70.3 Å². The molecule has 1 amide bonds. The summed E-state index contributed by atoms with van der Waals surface area (Å²) in [6, 6.07) is 8.17. The summed E-state index contributed by atoms with van der Waals surface area (Å²) in [6.45, 7) is 3.32. The highest BCUT2D eigenvalue weighted by atomic mass is 16.5. The highest BCUT2D eigenvalue weighted by Gasteiger charge is 2.23. The van der Waals surface area contributed by atoms with Gasteiger partial charge in [0.05, 0.1) is 5.69 Å². The van der Waals surface area contributed by atoms with Gasteiger partial charge < -0.3 is 19.8 Å². The number of aromatic nitrogens is 2. The van der Waals surface area contributed by atoms with E-state index < -0.39 is 6.09 Å². The van der Waals surface area contributed by atoms with Crippen LogP contribution < -0.4 is 5.32 Å². The van der Waals surface area contributed by atoms with E-state index in [2.05, 4.69) is 34.5 Å². The maximum absolute atomic E-state index is 11.0. The number of nitrogens with one attached hydrogen (secondary N) is 1. The first-order valence-electron chi connectivity index (χ1n) is 10.4. The predicted octanol–water partition coefficient (Wildman–Crippen LogP) is 4.36. The highest BCUT2D eigenvalue weighted by Crippen LogP contribution is 2.32. The van der Waals surface area contributed by atoms with Crippen molar-refractivity contribution in [3.05, 3.63) is 47.9 Å². The van der Waals surface area contributed by atoms with Crippen LogP contribution in [0.3, 0.4) is 0 Å². The molecule has 1 aliphatic rings. The zero-order chi connectivity index (χ0) is 21.5. The molecule has 7 nitrogen and oxygen atoms in total. The summed E-state index contributed by atoms with van der Waals surface area (Å²) in [5.74, 6) is 0.545. The summed E-state index contributed by atoms with van der Waals surface area (Å²) < 4.78 is 5.67. The Bertz CT molecular complexity index is 963. The van der Waals surface area contributed by atoms with E-state index in [0.29, 0.717) is 19.0 Å². The van der Waals surface area contributed by atoms with Crippen LogP contribution in [0.4, 0.5) is 4.79 Å². The molecule has 1 fully saturated rings. The van der Waals surface area contributed by atoms with Crippen LogP contribution in [0.5, 0.6) is 0 Å². The number of pyridine rings is 1. The molecule has 0 radical (unpaired) electrons. The number of piperidine rings is 1. The predicted molar refractivity (Wildman–Crippen MR) is 118 cm³/mol. The van der Waals surface area contributed by atoms with E-state index in [4.69, 9.17) is 9.63 Å². The van der Waals surface area contributed by atoms with Crippen molar-refractivity contribution in [1.82, 2.24) is 20.4 Å². The van der Waals surface area contributed by atoms with Gasteiger partial charge in [0.2, 0.25) is 0 Å². The third-order valence-electron chi connectivity index (χ3n) is 5.61. The van der Waals surface area contributed by atoms with E-state index >= 15 is 0 Å². The van der Waals surface area contributed by atoms with Gasteiger partial charge in [0.1, 0.15) is 0 Å². The highest BCUT2D eigenvalue weighted by molar-refractivity contribution is 5.88.